The number of nitrogens with one attached hydrogen (secondary N) is 1. The average molecular weight is 472 g/mol. The molecular weight excluding hydrogens is 442 g/mol. The molecule has 180 valence electrons. The van der Waals surface area contributed by atoms with Gasteiger partial charge in [0.15, 0.2) is 0 Å². The normalized spacial score (nSPS) is 16.0. The third-order valence-electron chi connectivity index (χ3n) is 6.49. The fourth-order valence-electron chi connectivity index (χ4n) is 4.53. The number of nitrogens with zero attached hydrogens (tertiary/aromatic N) is 2. The van der Waals surface area contributed by atoms with E-state index in [1.807, 2.05) is 24.3 Å². The van der Waals surface area contributed by atoms with E-state index in [1.165, 1.54) is 12.8 Å². The van der Waals surface area contributed by atoms with Crippen molar-refractivity contribution in [3.05, 3.63) is 60.7 Å². The van der Waals surface area contributed by atoms with Crippen LogP contribution in [0, 0.1) is 17.2 Å². The second-order valence-corrected chi connectivity index (χ2v) is 9.08. The van der Waals surface area contributed by atoms with Gasteiger partial charge in [-0.1, -0.05) is 6.08 Å². The lowest BCUT2D eigenvalue weighted by molar-refractivity contribution is 0.0256. The van der Waals surface area contributed by atoms with Crippen LogP contribution in [-0.4, -0.2) is 36.5 Å². The van der Waals surface area contributed by atoms with Gasteiger partial charge in [-0.2, -0.15) is 5.26 Å². The monoisotopic (exact) mass is 471 g/mol. The molecule has 2 aliphatic rings. The van der Waals surface area contributed by atoms with Crippen LogP contribution in [0.15, 0.2) is 55.1 Å². The number of hydrogen-bond donors (Lipinski definition) is 1. The zero-order chi connectivity index (χ0) is 24.2. The number of rotatable bonds is 8. The quantitative estimate of drug-likeness (QED) is 0.443. The van der Waals surface area contributed by atoms with Crippen LogP contribution in [0.4, 0.5) is 4.79 Å². The summed E-state index contributed by atoms with van der Waals surface area (Å²) >= 11 is 0. The topological polar surface area (TPSA) is 85.5 Å². The van der Waals surface area contributed by atoms with Crippen molar-refractivity contribution in [1.29, 1.82) is 5.26 Å². The van der Waals surface area contributed by atoms with Crippen molar-refractivity contribution in [2.45, 2.75) is 38.3 Å². The molecule has 35 heavy (non-hydrogen) atoms. The number of aromatic nitrogens is 1. The number of carbonyl (C=O) groups is 1. The van der Waals surface area contributed by atoms with Gasteiger partial charge < -0.3 is 24.1 Å². The van der Waals surface area contributed by atoms with Gasteiger partial charge in [-0.3, -0.25) is 0 Å². The van der Waals surface area contributed by atoms with E-state index in [0.29, 0.717) is 23.8 Å². The highest BCUT2D eigenvalue weighted by Crippen LogP contribution is 2.40. The van der Waals surface area contributed by atoms with Gasteiger partial charge in [0.1, 0.15) is 23.7 Å². The van der Waals surface area contributed by atoms with Crippen LogP contribution in [0.3, 0.4) is 0 Å². The molecule has 2 fully saturated rings. The first-order chi connectivity index (χ1) is 17.2. The maximum absolute atomic E-state index is 11.9. The standard InChI is InChI=1S/C28H29N3O4/c1-2-13-30-28(32)35-21-7-5-20(6-8-21)27-25(17-29)24-10-9-23(34-22-11-14-33-15-12-22)16-26(24)31(27)18-19-3-4-19/h2,5-10,16,19,22H,1,3-4,11-15,18H2,(H,30,32). The zero-order valence-corrected chi connectivity index (χ0v) is 19.7. The molecule has 0 unspecified atom stereocenters. The van der Waals surface area contributed by atoms with E-state index in [-0.39, 0.29) is 6.10 Å². The smallest absolute Gasteiger partial charge is 0.412 e. The number of carbonyl (C=O) groups excluding carboxylic acids is 1. The van der Waals surface area contributed by atoms with Crippen LogP contribution in [0.2, 0.25) is 0 Å². The molecule has 1 saturated carbocycles. The molecule has 0 bridgehead atoms. The zero-order valence-electron chi connectivity index (χ0n) is 19.7. The highest BCUT2D eigenvalue weighted by atomic mass is 16.6. The molecule has 0 spiro atoms. The van der Waals surface area contributed by atoms with Gasteiger partial charge in [0.05, 0.1) is 30.0 Å². The minimum absolute atomic E-state index is 0.152. The van der Waals surface area contributed by atoms with Crippen LogP contribution in [0.5, 0.6) is 11.5 Å². The lowest BCUT2D eigenvalue weighted by Crippen LogP contribution is -2.26. The van der Waals surface area contributed by atoms with Crippen molar-refractivity contribution in [1.82, 2.24) is 9.88 Å². The van der Waals surface area contributed by atoms with Gasteiger partial charge in [-0.15, -0.1) is 6.58 Å². The number of amides is 1. The summed E-state index contributed by atoms with van der Waals surface area (Å²) in [5.74, 6) is 1.88. The molecule has 5 rings (SSSR count). The lowest BCUT2D eigenvalue weighted by atomic mass is 10.1. The number of fused-ring (bicyclic) bond motifs is 1. The Hall–Kier alpha value is -3.76. The highest BCUT2D eigenvalue weighted by molar-refractivity contribution is 5.95. The fourth-order valence-corrected chi connectivity index (χ4v) is 4.53. The Bertz CT molecular complexity index is 1260. The molecule has 1 N–H and O–H groups in total. The van der Waals surface area contributed by atoms with Crippen LogP contribution in [-0.2, 0) is 11.3 Å². The van der Waals surface area contributed by atoms with Crippen molar-refractivity contribution in [3.63, 3.8) is 0 Å². The maximum atomic E-state index is 11.9. The van der Waals surface area contributed by atoms with E-state index in [1.54, 1.807) is 18.2 Å². The molecular formula is C28H29N3O4. The second kappa shape index (κ2) is 10.2. The third-order valence-corrected chi connectivity index (χ3v) is 6.49. The van der Waals surface area contributed by atoms with Crippen molar-refractivity contribution >= 4 is 17.0 Å². The van der Waals surface area contributed by atoms with Crippen molar-refractivity contribution in [3.8, 4) is 28.8 Å². The molecule has 2 aromatic carbocycles. The molecule has 3 aromatic rings. The van der Waals surface area contributed by atoms with E-state index in [2.05, 4.69) is 28.6 Å². The van der Waals surface area contributed by atoms with E-state index in [9.17, 15) is 10.1 Å². The molecule has 1 aliphatic carbocycles. The first kappa shape index (κ1) is 23.0. The molecule has 1 saturated heterocycles. The van der Waals surface area contributed by atoms with Gasteiger partial charge in [-0.05, 0) is 60.7 Å². The lowest BCUT2D eigenvalue weighted by Gasteiger charge is -2.23. The summed E-state index contributed by atoms with van der Waals surface area (Å²) in [7, 11) is 0. The second-order valence-electron chi connectivity index (χ2n) is 9.08. The average Bonchev–Trinajstić information content (AvgIpc) is 3.65. The Balaban J connectivity index is 1.49. The van der Waals surface area contributed by atoms with E-state index >= 15 is 0 Å². The molecule has 1 amide bonds. The summed E-state index contributed by atoms with van der Waals surface area (Å²) in [4.78, 5) is 11.9. The van der Waals surface area contributed by atoms with E-state index in [4.69, 9.17) is 14.2 Å². The fraction of sp³-hybridized carbons (Fsp3) is 0.357. The summed E-state index contributed by atoms with van der Waals surface area (Å²) < 4.78 is 19.3. The number of nitriles is 1. The molecule has 0 atom stereocenters. The minimum Gasteiger partial charge on any atom is -0.490 e. The molecule has 1 aromatic heterocycles. The Kier molecular flexibility index (Phi) is 6.73. The maximum Gasteiger partial charge on any atom is 0.412 e. The summed E-state index contributed by atoms with van der Waals surface area (Å²) in [6.07, 6.45) is 5.38. The number of benzene rings is 2. The summed E-state index contributed by atoms with van der Waals surface area (Å²) in [6.45, 7) is 6.22. The first-order valence-corrected chi connectivity index (χ1v) is 12.1. The molecule has 2 heterocycles. The SMILES string of the molecule is C=CCNC(=O)Oc1ccc(-c2c(C#N)c3ccc(OC4CCOCC4)cc3n2CC2CC2)cc1. The molecule has 7 nitrogen and oxygen atoms in total. The van der Waals surface area contributed by atoms with Gasteiger partial charge in [0, 0.05) is 37.4 Å². The summed E-state index contributed by atoms with van der Waals surface area (Å²) in [6, 6.07) is 15.8. The summed E-state index contributed by atoms with van der Waals surface area (Å²) in [5, 5.41) is 13.6. The summed E-state index contributed by atoms with van der Waals surface area (Å²) in [5.41, 5.74) is 3.46. The number of hydrogen-bond acceptors (Lipinski definition) is 5. The predicted molar refractivity (Wildman–Crippen MR) is 134 cm³/mol. The highest BCUT2D eigenvalue weighted by Gasteiger charge is 2.27. The van der Waals surface area contributed by atoms with Crippen LogP contribution < -0.4 is 14.8 Å². The number of ether oxygens (including phenoxy) is 3. The minimum atomic E-state index is -0.532. The first-order valence-electron chi connectivity index (χ1n) is 12.1. The van der Waals surface area contributed by atoms with Crippen molar-refractivity contribution in [2.24, 2.45) is 5.92 Å². The van der Waals surface area contributed by atoms with Gasteiger partial charge in [0.25, 0.3) is 0 Å². The van der Waals surface area contributed by atoms with E-state index in [0.717, 1.165) is 60.5 Å². The van der Waals surface area contributed by atoms with Crippen molar-refractivity contribution < 1.29 is 19.0 Å². The largest absolute Gasteiger partial charge is 0.490 e. The van der Waals surface area contributed by atoms with Gasteiger partial charge in [0.2, 0.25) is 0 Å². The molecule has 0 radical (unpaired) electrons. The Morgan fingerprint density at radius 2 is 1.89 bits per heavy atom. The third kappa shape index (κ3) is 5.18. The molecule has 1 aliphatic heterocycles. The Morgan fingerprint density at radius 3 is 2.57 bits per heavy atom. The van der Waals surface area contributed by atoms with Crippen molar-refractivity contribution in [2.75, 3.05) is 19.8 Å². The predicted octanol–water partition coefficient (Wildman–Crippen LogP) is 5.42. The molecule has 7 heteroatoms. The van der Waals surface area contributed by atoms with Gasteiger partial charge in [-0.25, -0.2) is 4.79 Å². The van der Waals surface area contributed by atoms with E-state index < -0.39 is 6.09 Å². The van der Waals surface area contributed by atoms with Gasteiger partial charge >= 0.3 is 6.09 Å². The van der Waals surface area contributed by atoms with Crippen LogP contribution in [0.1, 0.15) is 31.2 Å². The van der Waals surface area contributed by atoms with Crippen LogP contribution >= 0.6 is 0 Å². The Labute approximate surface area is 204 Å². The Morgan fingerprint density at radius 1 is 1.14 bits per heavy atom. The van der Waals surface area contributed by atoms with Crippen LogP contribution in [0.25, 0.3) is 22.2 Å².